The Morgan fingerprint density at radius 2 is 1.77 bits per heavy atom. The molecule has 2 N–H and O–H groups in total. The second-order valence-corrected chi connectivity index (χ2v) is 3.20. The molecule has 70 valence electrons. The minimum Gasteiger partial charge on any atom is -0.464 e. The molecule has 0 radical (unpaired) electrons. The Bertz CT molecular complexity index is 319. The van der Waals surface area contributed by atoms with Crippen LogP contribution in [0.5, 0.6) is 0 Å². The summed E-state index contributed by atoms with van der Waals surface area (Å²) in [5, 5.41) is 1.16. The summed E-state index contributed by atoms with van der Waals surface area (Å²) in [5.74, 6) is 0. The Balaban J connectivity index is 0.000000184. The fourth-order valence-corrected chi connectivity index (χ4v) is 0.906. The van der Waals surface area contributed by atoms with Gasteiger partial charge in [-0.3, -0.25) is 0 Å². The van der Waals surface area contributed by atoms with Crippen LogP contribution < -0.4 is 5.73 Å². The molecule has 0 spiro atoms. The summed E-state index contributed by atoms with van der Waals surface area (Å²) in [5.41, 5.74) is 6.07. The van der Waals surface area contributed by atoms with Crippen LogP contribution in [0.2, 0.25) is 0 Å². The molecule has 1 aromatic heterocycles. The molecule has 0 saturated carbocycles. The molecule has 0 saturated heterocycles. The lowest BCUT2D eigenvalue weighted by atomic mass is 10.3. The Kier molecular flexibility index (Phi) is 3.53. The van der Waals surface area contributed by atoms with Crippen LogP contribution in [0.25, 0.3) is 11.0 Å². The first-order valence-electron chi connectivity index (χ1n) is 4.38. The van der Waals surface area contributed by atoms with Gasteiger partial charge in [-0.15, -0.1) is 0 Å². The Hall–Kier alpha value is -1.28. The summed E-state index contributed by atoms with van der Waals surface area (Å²) in [6, 6.07) is 10.2. The van der Waals surface area contributed by atoms with E-state index in [2.05, 4.69) is 0 Å². The molecule has 0 aliphatic rings. The topological polar surface area (TPSA) is 39.2 Å². The average Bonchev–Trinajstić information content (AvgIpc) is 2.49. The number of hydrogen-bond donors (Lipinski definition) is 1. The van der Waals surface area contributed by atoms with Crippen molar-refractivity contribution >= 4 is 11.0 Å². The zero-order chi connectivity index (χ0) is 9.68. The minimum absolute atomic E-state index is 0.333. The van der Waals surface area contributed by atoms with Gasteiger partial charge in [-0.1, -0.05) is 32.0 Å². The monoisotopic (exact) mass is 177 g/mol. The summed E-state index contributed by atoms with van der Waals surface area (Å²) in [6.07, 6.45) is 1.70. The second-order valence-electron chi connectivity index (χ2n) is 3.20. The van der Waals surface area contributed by atoms with Crippen LogP contribution in [0.3, 0.4) is 0 Å². The number of rotatable bonds is 0. The van der Waals surface area contributed by atoms with Gasteiger partial charge in [0.2, 0.25) is 0 Å². The van der Waals surface area contributed by atoms with Gasteiger partial charge >= 0.3 is 0 Å². The van der Waals surface area contributed by atoms with Gasteiger partial charge in [-0.05, 0) is 18.2 Å². The largest absolute Gasteiger partial charge is 0.464 e. The number of para-hydroxylation sites is 1. The molecule has 0 amide bonds. The SMILES string of the molecule is CC(C)N.c1ccc2occc2c1. The first kappa shape index (κ1) is 9.81. The maximum Gasteiger partial charge on any atom is 0.133 e. The third-order valence-corrected chi connectivity index (χ3v) is 1.36. The van der Waals surface area contributed by atoms with Crippen molar-refractivity contribution in [1.29, 1.82) is 0 Å². The van der Waals surface area contributed by atoms with Crippen LogP contribution in [0, 0.1) is 0 Å². The first-order valence-corrected chi connectivity index (χ1v) is 4.38. The van der Waals surface area contributed by atoms with Crippen molar-refractivity contribution in [3.63, 3.8) is 0 Å². The molecule has 0 fully saturated rings. The van der Waals surface area contributed by atoms with E-state index < -0.39 is 0 Å². The van der Waals surface area contributed by atoms with E-state index in [9.17, 15) is 0 Å². The van der Waals surface area contributed by atoms with Gasteiger partial charge in [0.1, 0.15) is 5.58 Å². The highest BCUT2D eigenvalue weighted by molar-refractivity contribution is 5.76. The Morgan fingerprint density at radius 1 is 1.15 bits per heavy atom. The van der Waals surface area contributed by atoms with Crippen molar-refractivity contribution in [2.24, 2.45) is 5.73 Å². The van der Waals surface area contributed by atoms with Crippen LogP contribution in [0.4, 0.5) is 0 Å². The van der Waals surface area contributed by atoms with Crippen molar-refractivity contribution in [3.05, 3.63) is 36.6 Å². The fourth-order valence-electron chi connectivity index (χ4n) is 0.906. The lowest BCUT2D eigenvalue weighted by Gasteiger charge is -1.81. The average molecular weight is 177 g/mol. The summed E-state index contributed by atoms with van der Waals surface area (Å²) in [7, 11) is 0. The molecular weight excluding hydrogens is 162 g/mol. The first-order chi connectivity index (χ1) is 6.20. The molecule has 2 rings (SSSR count). The smallest absolute Gasteiger partial charge is 0.133 e. The summed E-state index contributed by atoms with van der Waals surface area (Å²) < 4.78 is 5.12. The van der Waals surface area contributed by atoms with E-state index in [0.29, 0.717) is 6.04 Å². The van der Waals surface area contributed by atoms with Crippen LogP contribution >= 0.6 is 0 Å². The van der Waals surface area contributed by atoms with E-state index >= 15 is 0 Å². The molecule has 0 aliphatic heterocycles. The predicted octanol–water partition coefficient (Wildman–Crippen LogP) is 2.79. The lowest BCUT2D eigenvalue weighted by Crippen LogP contribution is -2.06. The lowest BCUT2D eigenvalue weighted by molar-refractivity contribution is 0.616. The number of fused-ring (bicyclic) bond motifs is 1. The molecular formula is C11H15NO. The van der Waals surface area contributed by atoms with Crippen LogP contribution in [0.15, 0.2) is 41.0 Å². The predicted molar refractivity (Wildman–Crippen MR) is 55.5 cm³/mol. The molecule has 2 nitrogen and oxygen atoms in total. The van der Waals surface area contributed by atoms with Crippen molar-refractivity contribution in [2.75, 3.05) is 0 Å². The molecule has 2 heteroatoms. The third kappa shape index (κ3) is 3.30. The number of hydrogen-bond acceptors (Lipinski definition) is 2. The van der Waals surface area contributed by atoms with Gasteiger partial charge in [-0.2, -0.15) is 0 Å². The van der Waals surface area contributed by atoms with Crippen molar-refractivity contribution in [1.82, 2.24) is 0 Å². The van der Waals surface area contributed by atoms with Gasteiger partial charge in [-0.25, -0.2) is 0 Å². The van der Waals surface area contributed by atoms with Gasteiger partial charge in [0, 0.05) is 5.39 Å². The highest BCUT2D eigenvalue weighted by atomic mass is 16.3. The normalized spacial score (nSPS) is 9.85. The zero-order valence-corrected chi connectivity index (χ0v) is 8.03. The maximum atomic E-state index is 5.12. The number of nitrogens with two attached hydrogens (primary N) is 1. The highest BCUT2D eigenvalue weighted by Gasteiger charge is 1.89. The van der Waals surface area contributed by atoms with E-state index in [4.69, 9.17) is 10.2 Å². The molecule has 0 atom stereocenters. The third-order valence-electron chi connectivity index (χ3n) is 1.36. The van der Waals surface area contributed by atoms with Crippen LogP contribution in [-0.2, 0) is 0 Å². The molecule has 1 aromatic carbocycles. The molecule has 13 heavy (non-hydrogen) atoms. The quantitative estimate of drug-likeness (QED) is 0.672. The summed E-state index contributed by atoms with van der Waals surface area (Å²) >= 11 is 0. The maximum absolute atomic E-state index is 5.12. The highest BCUT2D eigenvalue weighted by Crippen LogP contribution is 2.12. The van der Waals surface area contributed by atoms with E-state index in [-0.39, 0.29) is 0 Å². The van der Waals surface area contributed by atoms with Crippen molar-refractivity contribution in [2.45, 2.75) is 19.9 Å². The van der Waals surface area contributed by atoms with Crippen LogP contribution in [0.1, 0.15) is 13.8 Å². The number of furan rings is 1. The summed E-state index contributed by atoms with van der Waals surface area (Å²) in [4.78, 5) is 0. The molecule has 0 bridgehead atoms. The second kappa shape index (κ2) is 4.67. The van der Waals surface area contributed by atoms with E-state index in [1.807, 2.05) is 44.2 Å². The van der Waals surface area contributed by atoms with Gasteiger partial charge in [0.25, 0.3) is 0 Å². The molecule has 1 heterocycles. The van der Waals surface area contributed by atoms with Crippen molar-refractivity contribution in [3.8, 4) is 0 Å². The Morgan fingerprint density at radius 3 is 2.38 bits per heavy atom. The standard InChI is InChI=1S/C8H6O.C3H9N/c1-2-4-8-7(3-1)5-6-9-8;1-3(2)4/h1-6H;3H,4H2,1-2H3. The van der Waals surface area contributed by atoms with E-state index in [0.717, 1.165) is 11.0 Å². The van der Waals surface area contributed by atoms with Gasteiger partial charge in [0.15, 0.2) is 0 Å². The molecule has 2 aromatic rings. The number of benzene rings is 1. The minimum atomic E-state index is 0.333. The van der Waals surface area contributed by atoms with Crippen LogP contribution in [-0.4, -0.2) is 6.04 Å². The molecule has 0 aliphatic carbocycles. The van der Waals surface area contributed by atoms with E-state index in [1.165, 1.54) is 0 Å². The van der Waals surface area contributed by atoms with Gasteiger partial charge < -0.3 is 10.2 Å². The summed E-state index contributed by atoms with van der Waals surface area (Å²) in [6.45, 7) is 3.89. The Labute approximate surface area is 78.3 Å². The fraction of sp³-hybridized carbons (Fsp3) is 0.273. The molecule has 0 unspecified atom stereocenters. The van der Waals surface area contributed by atoms with Gasteiger partial charge in [0.05, 0.1) is 6.26 Å². The zero-order valence-electron chi connectivity index (χ0n) is 8.03. The van der Waals surface area contributed by atoms with E-state index in [1.54, 1.807) is 6.26 Å². The van der Waals surface area contributed by atoms with Crippen molar-refractivity contribution < 1.29 is 4.42 Å².